The number of nitrogens with zero attached hydrogens (tertiary/aromatic N) is 1. The summed E-state index contributed by atoms with van der Waals surface area (Å²) in [7, 11) is -1.49. The molecule has 0 radical (unpaired) electrons. The van der Waals surface area contributed by atoms with Crippen molar-refractivity contribution in [2.45, 2.75) is 39.3 Å². The molecule has 2 atom stereocenters. The van der Waals surface area contributed by atoms with E-state index in [2.05, 4.69) is 0 Å². The minimum Gasteiger partial charge on any atom is -0.493 e. The Morgan fingerprint density at radius 1 is 1.38 bits per heavy atom. The molecule has 0 unspecified atom stereocenters. The van der Waals surface area contributed by atoms with Crippen molar-refractivity contribution in [1.82, 2.24) is 4.90 Å². The van der Waals surface area contributed by atoms with Gasteiger partial charge in [-0.05, 0) is 44.9 Å². The van der Waals surface area contributed by atoms with Crippen LogP contribution in [0.25, 0.3) is 0 Å². The van der Waals surface area contributed by atoms with Gasteiger partial charge < -0.3 is 14.4 Å². The van der Waals surface area contributed by atoms with E-state index in [1.165, 1.54) is 0 Å². The summed E-state index contributed by atoms with van der Waals surface area (Å²) in [6.45, 7) is 5.92. The van der Waals surface area contributed by atoms with Crippen molar-refractivity contribution in [2.24, 2.45) is 0 Å². The fraction of sp³-hybridized carbons (Fsp3) is 0.588. The summed E-state index contributed by atoms with van der Waals surface area (Å²) >= 11 is 0. The molecule has 1 fully saturated rings. The van der Waals surface area contributed by atoms with Gasteiger partial charge in [-0.25, -0.2) is 8.42 Å². The number of likely N-dealkylation sites (N-methyl/N-ethyl adjacent to an activating group) is 1. The van der Waals surface area contributed by atoms with Gasteiger partial charge in [-0.15, -0.1) is 0 Å². The highest BCUT2D eigenvalue weighted by molar-refractivity contribution is 7.91. The third-order valence-corrected chi connectivity index (χ3v) is 5.99. The fourth-order valence-electron chi connectivity index (χ4n) is 2.96. The zero-order chi connectivity index (χ0) is 17.9. The lowest BCUT2D eigenvalue weighted by atomic mass is 10.2. The zero-order valence-electron chi connectivity index (χ0n) is 14.6. The maximum absolute atomic E-state index is 12.7. The average Bonchev–Trinajstić information content (AvgIpc) is 2.89. The molecule has 1 amide bonds. The Balaban J connectivity index is 2.11. The third kappa shape index (κ3) is 4.20. The molecule has 2 rings (SSSR count). The molecule has 1 saturated heterocycles. The fourth-order valence-corrected chi connectivity index (χ4v) is 4.69. The molecular weight excluding hydrogens is 330 g/mol. The molecule has 1 aliphatic heterocycles. The number of aryl methyl sites for hydroxylation is 1. The molecule has 1 aromatic carbocycles. The highest BCUT2D eigenvalue weighted by Crippen LogP contribution is 2.29. The Morgan fingerprint density at radius 2 is 2.08 bits per heavy atom. The van der Waals surface area contributed by atoms with Gasteiger partial charge in [0.1, 0.15) is 0 Å². The Kier molecular flexibility index (Phi) is 5.74. The number of hydrogen-bond acceptors (Lipinski definition) is 5. The molecule has 1 aromatic rings. The molecule has 0 bridgehead atoms. The van der Waals surface area contributed by atoms with Crippen LogP contribution in [-0.2, 0) is 14.6 Å². The predicted octanol–water partition coefficient (Wildman–Crippen LogP) is 1.81. The van der Waals surface area contributed by atoms with Gasteiger partial charge in [0.05, 0.1) is 18.6 Å². The van der Waals surface area contributed by atoms with Crippen LogP contribution in [0.1, 0.15) is 25.8 Å². The van der Waals surface area contributed by atoms with Crippen LogP contribution in [0.5, 0.6) is 11.5 Å². The Bertz CT molecular complexity index is 701. The third-order valence-electron chi connectivity index (χ3n) is 4.24. The normalized spacial score (nSPS) is 20.4. The van der Waals surface area contributed by atoms with E-state index in [0.717, 1.165) is 5.56 Å². The number of sulfone groups is 1. The first kappa shape index (κ1) is 18.6. The van der Waals surface area contributed by atoms with Crippen molar-refractivity contribution in [2.75, 3.05) is 25.2 Å². The van der Waals surface area contributed by atoms with Crippen LogP contribution in [0.15, 0.2) is 18.2 Å². The van der Waals surface area contributed by atoms with Gasteiger partial charge in [-0.1, -0.05) is 6.07 Å². The van der Waals surface area contributed by atoms with E-state index >= 15 is 0 Å². The minimum absolute atomic E-state index is 0.0349. The standard InChI is InChI=1S/C17H25NO5S/c1-5-18(14-8-9-24(20,21)11-14)17(19)13(3)23-15-7-6-12(2)10-16(15)22-4/h6-7,10,13-14H,5,8-9,11H2,1-4H3/t13-,14-/m1/s1. The summed E-state index contributed by atoms with van der Waals surface area (Å²) < 4.78 is 34.4. The van der Waals surface area contributed by atoms with E-state index in [1.54, 1.807) is 25.0 Å². The Morgan fingerprint density at radius 3 is 2.62 bits per heavy atom. The summed E-state index contributed by atoms with van der Waals surface area (Å²) in [5.41, 5.74) is 1.03. The van der Waals surface area contributed by atoms with Gasteiger partial charge >= 0.3 is 0 Å². The van der Waals surface area contributed by atoms with Crippen LogP contribution in [-0.4, -0.2) is 56.5 Å². The number of ether oxygens (including phenoxy) is 2. The summed E-state index contributed by atoms with van der Waals surface area (Å²) in [4.78, 5) is 14.3. The molecular formula is C17H25NO5S. The maximum atomic E-state index is 12.7. The number of hydrogen-bond donors (Lipinski definition) is 0. The van der Waals surface area contributed by atoms with Crippen LogP contribution in [0, 0.1) is 6.92 Å². The second kappa shape index (κ2) is 7.42. The summed E-state index contributed by atoms with van der Waals surface area (Å²) in [6, 6.07) is 5.23. The molecule has 0 aromatic heterocycles. The molecule has 0 aliphatic carbocycles. The number of rotatable bonds is 6. The van der Waals surface area contributed by atoms with Gasteiger partial charge in [0.15, 0.2) is 27.4 Å². The van der Waals surface area contributed by atoms with E-state index in [0.29, 0.717) is 24.5 Å². The van der Waals surface area contributed by atoms with Crippen molar-refractivity contribution in [1.29, 1.82) is 0 Å². The summed E-state index contributed by atoms with van der Waals surface area (Å²) in [5, 5.41) is 0. The first-order valence-corrected chi connectivity index (χ1v) is 9.91. The lowest BCUT2D eigenvalue weighted by Gasteiger charge is -2.29. The van der Waals surface area contributed by atoms with Crippen molar-refractivity contribution in [3.63, 3.8) is 0 Å². The number of carbonyl (C=O) groups excluding carboxylic acids is 1. The van der Waals surface area contributed by atoms with Crippen molar-refractivity contribution in [3.8, 4) is 11.5 Å². The van der Waals surface area contributed by atoms with Crippen LogP contribution in [0.2, 0.25) is 0 Å². The Labute approximate surface area is 143 Å². The first-order chi connectivity index (χ1) is 11.3. The molecule has 6 nitrogen and oxygen atoms in total. The van der Waals surface area contributed by atoms with Gasteiger partial charge in [-0.3, -0.25) is 4.79 Å². The van der Waals surface area contributed by atoms with E-state index in [1.807, 2.05) is 26.0 Å². The molecule has 0 N–H and O–H groups in total. The topological polar surface area (TPSA) is 72.9 Å². The number of carbonyl (C=O) groups is 1. The zero-order valence-corrected chi connectivity index (χ0v) is 15.4. The number of benzene rings is 1. The van der Waals surface area contributed by atoms with Crippen LogP contribution in [0.3, 0.4) is 0 Å². The second-order valence-corrected chi connectivity index (χ2v) is 8.32. The number of methoxy groups -OCH3 is 1. The molecule has 0 spiro atoms. The average molecular weight is 355 g/mol. The SMILES string of the molecule is CCN(C(=O)[C@@H](C)Oc1ccc(C)cc1OC)[C@@H]1CCS(=O)(=O)C1. The van der Waals surface area contributed by atoms with Crippen LogP contribution >= 0.6 is 0 Å². The lowest BCUT2D eigenvalue weighted by molar-refractivity contribution is -0.139. The van der Waals surface area contributed by atoms with E-state index in [4.69, 9.17) is 9.47 Å². The molecule has 24 heavy (non-hydrogen) atoms. The van der Waals surface area contributed by atoms with Gasteiger partial charge in [0.2, 0.25) is 0 Å². The van der Waals surface area contributed by atoms with E-state index < -0.39 is 15.9 Å². The number of amides is 1. The second-order valence-electron chi connectivity index (χ2n) is 6.10. The largest absolute Gasteiger partial charge is 0.493 e. The predicted molar refractivity (Wildman–Crippen MR) is 92.3 cm³/mol. The van der Waals surface area contributed by atoms with Crippen LogP contribution in [0.4, 0.5) is 0 Å². The monoisotopic (exact) mass is 355 g/mol. The highest BCUT2D eigenvalue weighted by Gasteiger charge is 2.35. The quantitative estimate of drug-likeness (QED) is 0.778. The summed E-state index contributed by atoms with van der Waals surface area (Å²) in [6.07, 6.45) is -0.229. The van der Waals surface area contributed by atoms with Gasteiger partial charge in [0, 0.05) is 12.6 Å². The first-order valence-electron chi connectivity index (χ1n) is 8.09. The minimum atomic E-state index is -3.04. The van der Waals surface area contributed by atoms with Crippen LogP contribution < -0.4 is 9.47 Å². The molecule has 1 heterocycles. The van der Waals surface area contributed by atoms with Crippen molar-refractivity contribution >= 4 is 15.7 Å². The Hall–Kier alpha value is -1.76. The van der Waals surface area contributed by atoms with Crippen molar-refractivity contribution < 1.29 is 22.7 Å². The molecule has 134 valence electrons. The highest BCUT2D eigenvalue weighted by atomic mass is 32.2. The molecule has 7 heteroatoms. The smallest absolute Gasteiger partial charge is 0.263 e. The van der Waals surface area contributed by atoms with Crippen molar-refractivity contribution in [3.05, 3.63) is 23.8 Å². The molecule has 1 aliphatic rings. The van der Waals surface area contributed by atoms with Gasteiger partial charge in [-0.2, -0.15) is 0 Å². The molecule has 0 saturated carbocycles. The summed E-state index contributed by atoms with van der Waals surface area (Å²) in [5.74, 6) is 1.04. The lowest BCUT2D eigenvalue weighted by Crippen LogP contribution is -2.46. The van der Waals surface area contributed by atoms with E-state index in [9.17, 15) is 13.2 Å². The van der Waals surface area contributed by atoms with Gasteiger partial charge in [0.25, 0.3) is 5.91 Å². The maximum Gasteiger partial charge on any atom is 0.263 e. The van der Waals surface area contributed by atoms with E-state index in [-0.39, 0.29) is 23.5 Å².